The third-order valence-electron chi connectivity index (χ3n) is 4.31. The molecular weight excluding hydrogens is 603 g/mol. The van der Waals surface area contributed by atoms with Crippen LogP contribution in [0.15, 0.2) is 109 Å². The maximum atomic E-state index is 6.96. The van der Waals surface area contributed by atoms with Crippen LogP contribution in [0.4, 0.5) is 0 Å². The summed E-state index contributed by atoms with van der Waals surface area (Å²) in [6.07, 6.45) is 13.9. The van der Waals surface area contributed by atoms with E-state index in [1.165, 1.54) is 0 Å². The zero-order valence-corrected chi connectivity index (χ0v) is 22.0. The zero-order valence-electron chi connectivity index (χ0n) is 19.7. The quantitative estimate of drug-likeness (QED) is 0.146. The van der Waals surface area contributed by atoms with Crippen molar-refractivity contribution in [2.75, 3.05) is 0 Å². The van der Waals surface area contributed by atoms with Crippen molar-refractivity contribution in [2.45, 2.75) is 0 Å². The van der Waals surface area contributed by atoms with Crippen molar-refractivity contribution in [2.24, 2.45) is 0 Å². The topological polar surface area (TPSA) is 0 Å². The maximum Gasteiger partial charge on any atom is 4.00 e. The Balaban J connectivity index is 0.000000608. The van der Waals surface area contributed by atoms with Gasteiger partial charge in [-0.05, 0) is 24.3 Å². The van der Waals surface area contributed by atoms with E-state index in [1.807, 2.05) is 109 Å². The second-order valence-electron chi connectivity index (χ2n) is 6.64. The molecule has 0 aliphatic carbocycles. The van der Waals surface area contributed by atoms with E-state index in [0.29, 0.717) is 0 Å². The Morgan fingerprint density at radius 3 is 0.829 bits per heavy atom. The monoisotopic (exact) mass is 627 g/mol. The van der Waals surface area contributed by atoms with Gasteiger partial charge in [-0.2, -0.15) is 0 Å². The van der Waals surface area contributed by atoms with E-state index in [-0.39, 0.29) is 35.9 Å². The normalized spacial score (nSPS) is 7.94. The van der Waals surface area contributed by atoms with E-state index in [2.05, 4.69) is 35.5 Å². The Kier molecular flexibility index (Phi) is 15.2. The SMILES string of the molecule is [C-]#Cc1ccc(C#Cc2ccccc2)cc1.[C-]#Cc1ccc(C#Cc2ccccc2)cc1.[CH3-].[CH3-].[Pt+4]. The number of hydrogen-bond donors (Lipinski definition) is 0. The van der Waals surface area contributed by atoms with Crippen LogP contribution in [-0.4, -0.2) is 0 Å². The first-order chi connectivity index (χ1) is 15.8. The molecule has 0 heterocycles. The van der Waals surface area contributed by atoms with Crippen LogP contribution in [-0.2, 0) is 21.1 Å². The van der Waals surface area contributed by atoms with Gasteiger partial charge in [-0.1, -0.05) is 84.3 Å². The summed E-state index contributed by atoms with van der Waals surface area (Å²) in [5, 5.41) is 0. The van der Waals surface area contributed by atoms with Gasteiger partial charge in [0.25, 0.3) is 0 Å². The van der Waals surface area contributed by atoms with Crippen LogP contribution in [0, 0.1) is 63.2 Å². The van der Waals surface area contributed by atoms with Crippen molar-refractivity contribution in [1.82, 2.24) is 0 Å². The van der Waals surface area contributed by atoms with Gasteiger partial charge in [0.1, 0.15) is 0 Å². The summed E-state index contributed by atoms with van der Waals surface area (Å²) in [6.45, 7) is 0. The third kappa shape index (κ3) is 11.0. The summed E-state index contributed by atoms with van der Waals surface area (Å²) < 4.78 is 0. The Morgan fingerprint density at radius 2 is 0.571 bits per heavy atom. The number of benzene rings is 4. The van der Waals surface area contributed by atoms with Crippen LogP contribution in [0.3, 0.4) is 0 Å². The van der Waals surface area contributed by atoms with Gasteiger partial charge < -0.3 is 27.7 Å². The average Bonchev–Trinajstić information content (AvgIpc) is 2.88. The first-order valence-electron chi connectivity index (χ1n) is 9.96. The molecule has 0 spiro atoms. The summed E-state index contributed by atoms with van der Waals surface area (Å²) in [6, 6.07) is 34.7. The first-order valence-corrected chi connectivity index (χ1v) is 9.96. The molecule has 0 unspecified atom stereocenters. The molecule has 0 aliphatic heterocycles. The summed E-state index contributed by atoms with van der Waals surface area (Å²) in [5.74, 6) is 17.0. The van der Waals surface area contributed by atoms with Gasteiger partial charge in [-0.25, -0.2) is 0 Å². The predicted octanol–water partition coefficient (Wildman–Crippen LogP) is 6.95. The first kappa shape index (κ1) is 30.8. The van der Waals surface area contributed by atoms with Crippen molar-refractivity contribution in [3.8, 4) is 35.5 Å². The molecule has 170 valence electrons. The van der Waals surface area contributed by atoms with Crippen molar-refractivity contribution >= 4 is 0 Å². The fraction of sp³-hybridized carbons (Fsp3) is 0. The van der Waals surface area contributed by atoms with Gasteiger partial charge in [0.2, 0.25) is 0 Å². The van der Waals surface area contributed by atoms with Gasteiger partial charge >= 0.3 is 21.1 Å². The Bertz CT molecular complexity index is 1230. The third-order valence-corrected chi connectivity index (χ3v) is 4.31. The fourth-order valence-corrected chi connectivity index (χ4v) is 2.61. The molecule has 4 aromatic carbocycles. The molecule has 0 amide bonds. The van der Waals surface area contributed by atoms with Crippen LogP contribution in [0.1, 0.15) is 33.4 Å². The van der Waals surface area contributed by atoms with Crippen molar-refractivity contribution in [3.63, 3.8) is 0 Å². The second-order valence-corrected chi connectivity index (χ2v) is 6.64. The minimum Gasteiger partial charge on any atom is -0.366 e. The van der Waals surface area contributed by atoms with E-state index in [0.717, 1.165) is 33.4 Å². The minimum absolute atomic E-state index is 0. The average molecular weight is 628 g/mol. The molecule has 0 bridgehead atoms. The molecule has 0 saturated carbocycles. The molecule has 0 aromatic heterocycles. The minimum atomic E-state index is 0. The van der Waals surface area contributed by atoms with Crippen LogP contribution in [0.5, 0.6) is 0 Å². The van der Waals surface area contributed by atoms with Crippen molar-refractivity contribution in [3.05, 3.63) is 170 Å². The molecule has 0 aliphatic rings. The van der Waals surface area contributed by atoms with E-state index < -0.39 is 0 Å². The summed E-state index contributed by atoms with van der Waals surface area (Å²) in [5.41, 5.74) is 5.44. The summed E-state index contributed by atoms with van der Waals surface area (Å²) in [7, 11) is 0. The van der Waals surface area contributed by atoms with Crippen LogP contribution >= 0.6 is 0 Å². The molecule has 4 aromatic rings. The van der Waals surface area contributed by atoms with Crippen molar-refractivity contribution < 1.29 is 21.1 Å². The van der Waals surface area contributed by atoms with Gasteiger partial charge in [-0.3, -0.25) is 11.8 Å². The Labute approximate surface area is 226 Å². The maximum absolute atomic E-state index is 6.96. The van der Waals surface area contributed by atoms with E-state index in [4.69, 9.17) is 12.8 Å². The van der Waals surface area contributed by atoms with E-state index >= 15 is 0 Å². The van der Waals surface area contributed by atoms with Gasteiger partial charge in [0.05, 0.1) is 0 Å². The van der Waals surface area contributed by atoms with Crippen LogP contribution in [0.25, 0.3) is 0 Å². The van der Waals surface area contributed by atoms with Gasteiger partial charge in [-0.15, -0.1) is 35.4 Å². The molecule has 0 N–H and O–H groups in total. The predicted molar refractivity (Wildman–Crippen MR) is 143 cm³/mol. The number of hydrogen-bond acceptors (Lipinski definition) is 0. The molecule has 4 rings (SSSR count). The molecule has 35 heavy (non-hydrogen) atoms. The molecule has 0 fully saturated rings. The molecular formula is C34H24Pt. The van der Waals surface area contributed by atoms with Crippen molar-refractivity contribution in [1.29, 1.82) is 0 Å². The van der Waals surface area contributed by atoms with Crippen LogP contribution < -0.4 is 0 Å². The second kappa shape index (κ2) is 17.3. The van der Waals surface area contributed by atoms with Gasteiger partial charge in [0, 0.05) is 22.3 Å². The molecule has 0 atom stereocenters. The largest absolute Gasteiger partial charge is 4.00 e. The fourth-order valence-electron chi connectivity index (χ4n) is 2.61. The molecule has 1 heteroatoms. The number of rotatable bonds is 0. The van der Waals surface area contributed by atoms with E-state index in [9.17, 15) is 0 Å². The van der Waals surface area contributed by atoms with E-state index in [1.54, 1.807) is 0 Å². The standard InChI is InChI=1S/2C16H9.2CH3.Pt/c2*1-2-14-8-10-16(11-9-14)13-12-15-6-4-3-5-7-15;;;/h2*3-11H;2*1H3;/q4*-1;+4. The smallest absolute Gasteiger partial charge is 0.366 e. The Morgan fingerprint density at radius 1 is 0.343 bits per heavy atom. The van der Waals surface area contributed by atoms with Gasteiger partial charge in [0.15, 0.2) is 0 Å². The molecule has 0 nitrogen and oxygen atoms in total. The summed E-state index contributed by atoms with van der Waals surface area (Å²) >= 11 is 0. The van der Waals surface area contributed by atoms with Crippen LogP contribution in [0.2, 0.25) is 0 Å². The molecule has 0 saturated heterocycles. The summed E-state index contributed by atoms with van der Waals surface area (Å²) in [4.78, 5) is 0. The zero-order chi connectivity index (χ0) is 22.4. The Hall–Kier alpha value is -4.19. The molecule has 0 radical (unpaired) electrons.